The normalized spacial score (nSPS) is 11.9. The first-order valence-corrected chi connectivity index (χ1v) is 15.5. The second-order valence-electron chi connectivity index (χ2n) is 9.36. The van der Waals surface area contributed by atoms with Gasteiger partial charge in [-0.15, -0.1) is 0 Å². The molecule has 0 heterocycles. The molecule has 0 aromatic heterocycles. The Morgan fingerprint density at radius 3 is 2.37 bits per heavy atom. The largest absolute Gasteiger partial charge is 0.497 e. The first-order chi connectivity index (χ1) is 19.6. The van der Waals surface area contributed by atoms with Crippen LogP contribution in [0.5, 0.6) is 5.75 Å². The standard InChI is InChI=1S/C30H35Cl2N3O5S/c1-4-6-17-33-30(37)27(5-2)34(20-22-11-10-12-24(18-22)40-3)29(36)21-35(28-19-23(31)15-16-26(28)32)41(38,39)25-13-8-7-9-14-25/h7-16,18-19,27H,4-6,17,20-21H2,1-3H3,(H,33,37). The Labute approximate surface area is 252 Å². The SMILES string of the molecule is CCCCNC(=O)C(CC)N(Cc1cccc(OC)c1)C(=O)CN(c1cc(Cl)ccc1Cl)S(=O)(=O)c1ccccc1. The highest BCUT2D eigenvalue weighted by Crippen LogP contribution is 2.33. The summed E-state index contributed by atoms with van der Waals surface area (Å²) in [6.45, 7) is 3.74. The smallest absolute Gasteiger partial charge is 0.264 e. The monoisotopic (exact) mass is 619 g/mol. The molecule has 0 aliphatic carbocycles. The van der Waals surface area contributed by atoms with E-state index >= 15 is 0 Å². The molecular formula is C30H35Cl2N3O5S. The summed E-state index contributed by atoms with van der Waals surface area (Å²) in [6.07, 6.45) is 2.01. The zero-order chi connectivity index (χ0) is 30.0. The van der Waals surface area contributed by atoms with Crippen LogP contribution in [0.3, 0.4) is 0 Å². The number of nitrogens with one attached hydrogen (secondary N) is 1. The lowest BCUT2D eigenvalue weighted by molar-refractivity contribution is -0.140. The average Bonchev–Trinajstić information content (AvgIpc) is 2.97. The minimum absolute atomic E-state index is 0.0208. The molecule has 220 valence electrons. The molecule has 2 amide bonds. The van der Waals surface area contributed by atoms with Crippen LogP contribution in [0.2, 0.25) is 10.0 Å². The Morgan fingerprint density at radius 2 is 1.71 bits per heavy atom. The van der Waals surface area contributed by atoms with Gasteiger partial charge in [0, 0.05) is 18.1 Å². The van der Waals surface area contributed by atoms with Crippen LogP contribution < -0.4 is 14.4 Å². The Kier molecular flexibility index (Phi) is 11.9. The van der Waals surface area contributed by atoms with Crippen LogP contribution in [0.15, 0.2) is 77.7 Å². The van der Waals surface area contributed by atoms with Gasteiger partial charge in [0.05, 0.1) is 22.7 Å². The summed E-state index contributed by atoms with van der Waals surface area (Å²) in [6, 6.07) is 18.5. The molecule has 0 saturated heterocycles. The van der Waals surface area contributed by atoms with E-state index < -0.39 is 28.5 Å². The molecule has 3 aromatic rings. The lowest BCUT2D eigenvalue weighted by Gasteiger charge is -2.33. The summed E-state index contributed by atoms with van der Waals surface area (Å²) in [4.78, 5) is 28.8. The van der Waals surface area contributed by atoms with Crippen molar-refractivity contribution in [3.63, 3.8) is 0 Å². The first-order valence-electron chi connectivity index (χ1n) is 13.3. The fraction of sp³-hybridized carbons (Fsp3) is 0.333. The predicted molar refractivity (Wildman–Crippen MR) is 163 cm³/mol. The van der Waals surface area contributed by atoms with Crippen LogP contribution in [-0.2, 0) is 26.2 Å². The van der Waals surface area contributed by atoms with Crippen molar-refractivity contribution in [2.24, 2.45) is 0 Å². The number of amides is 2. The molecule has 3 aromatic carbocycles. The summed E-state index contributed by atoms with van der Waals surface area (Å²) < 4.78 is 34.1. The molecule has 3 rings (SSSR count). The fourth-order valence-electron chi connectivity index (χ4n) is 4.30. The van der Waals surface area contributed by atoms with Crippen LogP contribution >= 0.6 is 23.2 Å². The molecule has 8 nitrogen and oxygen atoms in total. The summed E-state index contributed by atoms with van der Waals surface area (Å²) >= 11 is 12.7. The van der Waals surface area contributed by atoms with Crippen molar-refractivity contribution < 1.29 is 22.7 Å². The number of ether oxygens (including phenoxy) is 1. The van der Waals surface area contributed by atoms with E-state index in [-0.39, 0.29) is 33.1 Å². The Hall–Kier alpha value is -3.27. The number of hydrogen-bond acceptors (Lipinski definition) is 5. The molecular weight excluding hydrogens is 585 g/mol. The van der Waals surface area contributed by atoms with E-state index in [1.54, 1.807) is 43.5 Å². The van der Waals surface area contributed by atoms with Crippen LogP contribution in [-0.4, -0.2) is 51.4 Å². The lowest BCUT2D eigenvalue weighted by atomic mass is 10.1. The van der Waals surface area contributed by atoms with E-state index in [1.165, 1.54) is 35.2 Å². The van der Waals surface area contributed by atoms with E-state index in [0.717, 1.165) is 22.7 Å². The molecule has 0 spiro atoms. The van der Waals surface area contributed by atoms with Crippen molar-refractivity contribution in [3.05, 3.63) is 88.4 Å². The van der Waals surface area contributed by atoms with Gasteiger partial charge in [-0.25, -0.2) is 8.42 Å². The number of nitrogens with zero attached hydrogens (tertiary/aromatic N) is 2. The number of methoxy groups -OCH3 is 1. The molecule has 0 radical (unpaired) electrons. The van der Waals surface area contributed by atoms with Crippen molar-refractivity contribution >= 4 is 50.7 Å². The molecule has 1 N–H and O–H groups in total. The van der Waals surface area contributed by atoms with E-state index in [0.29, 0.717) is 18.7 Å². The molecule has 0 bridgehead atoms. The quantitative estimate of drug-likeness (QED) is 0.226. The Balaban J connectivity index is 2.07. The molecule has 0 saturated carbocycles. The van der Waals surface area contributed by atoms with Crippen LogP contribution in [0.4, 0.5) is 5.69 Å². The van der Waals surface area contributed by atoms with Crippen LogP contribution in [0, 0.1) is 0 Å². The van der Waals surface area contributed by atoms with Gasteiger partial charge < -0.3 is 15.0 Å². The molecule has 11 heteroatoms. The molecule has 1 unspecified atom stereocenters. The van der Waals surface area contributed by atoms with E-state index in [2.05, 4.69) is 5.32 Å². The highest BCUT2D eigenvalue weighted by molar-refractivity contribution is 7.92. The van der Waals surface area contributed by atoms with Crippen molar-refractivity contribution in [2.75, 3.05) is 24.5 Å². The van der Waals surface area contributed by atoms with Gasteiger partial charge in [-0.1, -0.05) is 73.8 Å². The summed E-state index contributed by atoms with van der Waals surface area (Å²) in [5, 5.41) is 3.26. The van der Waals surface area contributed by atoms with Crippen LogP contribution in [0.1, 0.15) is 38.7 Å². The molecule has 41 heavy (non-hydrogen) atoms. The zero-order valence-corrected chi connectivity index (χ0v) is 25.7. The van der Waals surface area contributed by atoms with Crippen LogP contribution in [0.25, 0.3) is 0 Å². The Bertz CT molecular complexity index is 1440. The summed E-state index contributed by atoms with van der Waals surface area (Å²) in [7, 11) is -2.71. The number of anilines is 1. The van der Waals surface area contributed by atoms with Crippen molar-refractivity contribution in [2.45, 2.75) is 50.6 Å². The highest BCUT2D eigenvalue weighted by atomic mass is 35.5. The van der Waals surface area contributed by atoms with Gasteiger partial charge in [-0.3, -0.25) is 13.9 Å². The van der Waals surface area contributed by atoms with Gasteiger partial charge in [0.2, 0.25) is 11.8 Å². The minimum Gasteiger partial charge on any atom is -0.497 e. The number of rotatable bonds is 14. The van der Waals surface area contributed by atoms with Gasteiger partial charge in [0.1, 0.15) is 18.3 Å². The maximum atomic E-state index is 14.1. The fourth-order valence-corrected chi connectivity index (χ4v) is 6.19. The average molecular weight is 621 g/mol. The predicted octanol–water partition coefficient (Wildman–Crippen LogP) is 5.92. The second kappa shape index (κ2) is 15.1. The van der Waals surface area contributed by atoms with Gasteiger partial charge >= 0.3 is 0 Å². The summed E-state index contributed by atoms with van der Waals surface area (Å²) in [5.41, 5.74) is 0.772. The van der Waals surface area contributed by atoms with Crippen molar-refractivity contribution in [1.29, 1.82) is 0 Å². The number of benzene rings is 3. The third-order valence-electron chi connectivity index (χ3n) is 6.49. The van der Waals surface area contributed by atoms with E-state index in [9.17, 15) is 18.0 Å². The van der Waals surface area contributed by atoms with E-state index in [1.807, 2.05) is 19.9 Å². The van der Waals surface area contributed by atoms with Crippen molar-refractivity contribution in [3.8, 4) is 5.75 Å². The molecule has 0 aliphatic heterocycles. The minimum atomic E-state index is -4.25. The van der Waals surface area contributed by atoms with Gasteiger partial charge in [0.15, 0.2) is 0 Å². The maximum absolute atomic E-state index is 14.1. The number of hydrogen-bond donors (Lipinski definition) is 1. The van der Waals surface area contributed by atoms with E-state index in [4.69, 9.17) is 27.9 Å². The van der Waals surface area contributed by atoms with Gasteiger partial charge in [-0.2, -0.15) is 0 Å². The topological polar surface area (TPSA) is 96.0 Å². The molecule has 0 aliphatic rings. The zero-order valence-electron chi connectivity index (χ0n) is 23.3. The number of halogens is 2. The molecule has 1 atom stereocenters. The van der Waals surface area contributed by atoms with Gasteiger partial charge in [-0.05, 0) is 60.9 Å². The summed E-state index contributed by atoms with van der Waals surface area (Å²) in [5.74, 6) is -0.300. The number of sulfonamides is 1. The third-order valence-corrected chi connectivity index (χ3v) is 8.82. The number of carbonyl (C=O) groups excluding carboxylic acids is 2. The maximum Gasteiger partial charge on any atom is 0.264 e. The second-order valence-corrected chi connectivity index (χ2v) is 12.1. The number of unbranched alkanes of at least 4 members (excludes halogenated alkanes) is 1. The third kappa shape index (κ3) is 8.38. The van der Waals surface area contributed by atoms with Gasteiger partial charge in [0.25, 0.3) is 10.0 Å². The number of carbonyl (C=O) groups is 2. The lowest BCUT2D eigenvalue weighted by Crippen LogP contribution is -2.52. The highest BCUT2D eigenvalue weighted by Gasteiger charge is 2.34. The Morgan fingerprint density at radius 1 is 0.976 bits per heavy atom. The molecule has 0 fully saturated rings. The van der Waals surface area contributed by atoms with Crippen molar-refractivity contribution in [1.82, 2.24) is 10.2 Å². The first kappa shape index (κ1) is 32.2.